The number of aliphatic hydroxyl groups is 1. The first-order valence-corrected chi connectivity index (χ1v) is 6.35. The Morgan fingerprint density at radius 2 is 2.12 bits per heavy atom. The Kier molecular flexibility index (Phi) is 5.08. The third kappa shape index (κ3) is 3.64. The number of carbonyl (C=O) groups excluding carboxylic acids is 1. The molecule has 4 atom stereocenters. The number of nitrogens with two attached hydrogens (primary N) is 1. The van der Waals surface area contributed by atoms with Crippen LogP contribution in [0.5, 0.6) is 0 Å². The fraction of sp³-hybridized carbons (Fsp3) is 0.909. The van der Waals surface area contributed by atoms with Crippen LogP contribution in [-0.2, 0) is 4.79 Å². The summed E-state index contributed by atoms with van der Waals surface area (Å²) < 4.78 is 0. The highest BCUT2D eigenvalue weighted by atomic mass is 32.1. The number of carbonyl (C=O) groups is 1. The van der Waals surface area contributed by atoms with E-state index in [4.69, 9.17) is 5.73 Å². The summed E-state index contributed by atoms with van der Waals surface area (Å²) in [5.74, 6) is 0.0101. The van der Waals surface area contributed by atoms with Gasteiger partial charge in [-0.25, -0.2) is 0 Å². The van der Waals surface area contributed by atoms with Crippen LogP contribution in [0.1, 0.15) is 33.1 Å². The van der Waals surface area contributed by atoms with Crippen molar-refractivity contribution in [3.63, 3.8) is 0 Å². The van der Waals surface area contributed by atoms with E-state index in [1.807, 2.05) is 13.8 Å². The third-order valence-corrected chi connectivity index (χ3v) is 3.75. The van der Waals surface area contributed by atoms with Gasteiger partial charge in [-0.3, -0.25) is 4.79 Å². The fourth-order valence-corrected chi connectivity index (χ4v) is 2.13. The average molecular weight is 246 g/mol. The number of thiol groups is 1. The number of amides is 1. The summed E-state index contributed by atoms with van der Waals surface area (Å²) in [5.41, 5.74) is 5.75. The van der Waals surface area contributed by atoms with Gasteiger partial charge in [0.1, 0.15) is 0 Å². The zero-order valence-electron chi connectivity index (χ0n) is 9.89. The highest BCUT2D eigenvalue weighted by Gasteiger charge is 2.29. The predicted molar refractivity (Wildman–Crippen MR) is 67.4 cm³/mol. The summed E-state index contributed by atoms with van der Waals surface area (Å²) in [6.07, 6.45) is 1.83. The lowest BCUT2D eigenvalue weighted by Gasteiger charge is -2.31. The maximum Gasteiger partial charge on any atom is 0.237 e. The van der Waals surface area contributed by atoms with Crippen LogP contribution in [0.4, 0.5) is 0 Å². The number of nitrogens with one attached hydrogen (secondary N) is 1. The highest BCUT2D eigenvalue weighted by Crippen LogP contribution is 2.23. The lowest BCUT2D eigenvalue weighted by Crippen LogP contribution is -2.50. The Morgan fingerprint density at radius 1 is 1.50 bits per heavy atom. The van der Waals surface area contributed by atoms with Crippen LogP contribution in [0.25, 0.3) is 0 Å². The molecule has 94 valence electrons. The second kappa shape index (κ2) is 5.89. The molecule has 1 rings (SSSR count). The second-order valence-electron chi connectivity index (χ2n) is 4.92. The maximum atomic E-state index is 11.7. The molecule has 0 aromatic rings. The van der Waals surface area contributed by atoms with Gasteiger partial charge in [0, 0.05) is 11.3 Å². The molecule has 1 amide bonds. The molecule has 0 aliphatic heterocycles. The molecule has 0 radical (unpaired) electrons. The molecule has 16 heavy (non-hydrogen) atoms. The molecule has 1 aliphatic rings. The number of hydrogen-bond donors (Lipinski definition) is 4. The minimum Gasteiger partial charge on any atom is -0.392 e. The quantitative estimate of drug-likeness (QED) is 0.541. The average Bonchev–Trinajstić information content (AvgIpc) is 2.22. The minimum atomic E-state index is -0.467. The summed E-state index contributed by atoms with van der Waals surface area (Å²) in [6, 6.07) is -0.429. The third-order valence-electron chi connectivity index (χ3n) is 3.15. The molecule has 0 aromatic heterocycles. The van der Waals surface area contributed by atoms with E-state index in [2.05, 4.69) is 17.9 Å². The summed E-state index contributed by atoms with van der Waals surface area (Å²) >= 11 is 4.27. The zero-order valence-corrected chi connectivity index (χ0v) is 10.8. The van der Waals surface area contributed by atoms with Crippen LogP contribution < -0.4 is 11.1 Å². The van der Waals surface area contributed by atoms with Crippen molar-refractivity contribution in [2.75, 3.05) is 0 Å². The molecule has 0 spiro atoms. The Balaban J connectivity index is 2.40. The molecule has 1 fully saturated rings. The molecule has 0 aromatic carbocycles. The van der Waals surface area contributed by atoms with Crippen molar-refractivity contribution in [2.45, 2.75) is 56.5 Å². The summed E-state index contributed by atoms with van der Waals surface area (Å²) in [7, 11) is 0. The maximum absolute atomic E-state index is 11.7. The van der Waals surface area contributed by atoms with Gasteiger partial charge in [-0.15, -0.1) is 0 Å². The van der Waals surface area contributed by atoms with Crippen LogP contribution in [0.15, 0.2) is 0 Å². The number of hydrogen-bond acceptors (Lipinski definition) is 4. The molecule has 5 heteroatoms. The van der Waals surface area contributed by atoms with Gasteiger partial charge in [0.25, 0.3) is 0 Å². The Morgan fingerprint density at radius 3 is 2.62 bits per heavy atom. The van der Waals surface area contributed by atoms with Crippen LogP contribution in [0.3, 0.4) is 0 Å². The van der Waals surface area contributed by atoms with Gasteiger partial charge in [-0.2, -0.15) is 12.6 Å². The Hall–Kier alpha value is -0.260. The van der Waals surface area contributed by atoms with Crippen LogP contribution in [0, 0.1) is 5.92 Å². The van der Waals surface area contributed by atoms with Crippen molar-refractivity contribution in [1.29, 1.82) is 0 Å². The molecule has 4 nitrogen and oxygen atoms in total. The van der Waals surface area contributed by atoms with Crippen molar-refractivity contribution in [3.05, 3.63) is 0 Å². The topological polar surface area (TPSA) is 75.4 Å². The van der Waals surface area contributed by atoms with Gasteiger partial charge >= 0.3 is 0 Å². The first kappa shape index (κ1) is 13.8. The van der Waals surface area contributed by atoms with Gasteiger partial charge in [0.2, 0.25) is 5.91 Å². The molecule has 1 aliphatic carbocycles. The monoisotopic (exact) mass is 246 g/mol. The van der Waals surface area contributed by atoms with Crippen molar-refractivity contribution in [1.82, 2.24) is 5.32 Å². The van der Waals surface area contributed by atoms with E-state index in [1.165, 1.54) is 0 Å². The predicted octanol–water partition coefficient (Wildman–Crippen LogP) is 0.298. The molecule has 0 bridgehead atoms. The van der Waals surface area contributed by atoms with Gasteiger partial charge < -0.3 is 16.2 Å². The van der Waals surface area contributed by atoms with Crippen molar-refractivity contribution in [2.24, 2.45) is 11.7 Å². The van der Waals surface area contributed by atoms with Gasteiger partial charge in [0.05, 0.1) is 12.1 Å². The van der Waals surface area contributed by atoms with Crippen molar-refractivity contribution >= 4 is 18.5 Å². The van der Waals surface area contributed by atoms with Gasteiger partial charge in [-0.05, 0) is 25.2 Å². The highest BCUT2D eigenvalue weighted by molar-refractivity contribution is 7.81. The summed E-state index contributed by atoms with van der Waals surface area (Å²) in [4.78, 5) is 11.7. The van der Waals surface area contributed by atoms with E-state index in [-0.39, 0.29) is 23.1 Å². The fourth-order valence-electron chi connectivity index (χ4n) is 1.86. The van der Waals surface area contributed by atoms with Crippen LogP contribution in [0.2, 0.25) is 0 Å². The molecule has 1 saturated carbocycles. The van der Waals surface area contributed by atoms with Gasteiger partial charge in [0.15, 0.2) is 0 Å². The summed E-state index contributed by atoms with van der Waals surface area (Å²) in [5, 5.41) is 12.6. The molecule has 0 heterocycles. The largest absolute Gasteiger partial charge is 0.392 e. The number of rotatable bonds is 3. The van der Waals surface area contributed by atoms with Crippen molar-refractivity contribution in [3.8, 4) is 0 Å². The minimum absolute atomic E-state index is 0.0342. The van der Waals surface area contributed by atoms with E-state index < -0.39 is 12.1 Å². The van der Waals surface area contributed by atoms with Crippen LogP contribution >= 0.6 is 12.6 Å². The first-order chi connectivity index (χ1) is 7.41. The molecule has 0 unspecified atom stereocenters. The normalized spacial score (nSPS) is 32.5. The first-order valence-electron chi connectivity index (χ1n) is 5.84. The molecular formula is C11H22N2O2S. The lowest BCUT2D eigenvalue weighted by atomic mass is 9.92. The van der Waals surface area contributed by atoms with E-state index in [1.54, 1.807) is 0 Å². The zero-order chi connectivity index (χ0) is 12.3. The molecular weight excluding hydrogens is 224 g/mol. The Bertz CT molecular complexity index is 248. The second-order valence-corrected chi connectivity index (χ2v) is 5.59. The van der Waals surface area contributed by atoms with E-state index in [9.17, 15) is 9.90 Å². The summed E-state index contributed by atoms with van der Waals surface area (Å²) in [6.45, 7) is 3.84. The van der Waals surface area contributed by atoms with Crippen LogP contribution in [-0.4, -0.2) is 34.5 Å². The SMILES string of the molecule is CC(C)[C@@H](N)C(=O)N[C@@H]1CC[C@@H](S)[C@H](O)C1. The Labute approximate surface area is 102 Å². The van der Waals surface area contributed by atoms with Gasteiger partial charge in [-0.1, -0.05) is 13.8 Å². The smallest absolute Gasteiger partial charge is 0.237 e. The molecule has 0 saturated heterocycles. The lowest BCUT2D eigenvalue weighted by molar-refractivity contribution is -0.124. The van der Waals surface area contributed by atoms with Crippen molar-refractivity contribution < 1.29 is 9.90 Å². The van der Waals surface area contributed by atoms with E-state index in [0.29, 0.717) is 6.42 Å². The molecule has 4 N–H and O–H groups in total. The number of aliphatic hydroxyl groups excluding tert-OH is 1. The van der Waals surface area contributed by atoms with E-state index in [0.717, 1.165) is 12.8 Å². The standard InChI is InChI=1S/C11H22N2O2S/c1-6(2)10(12)11(15)13-7-3-4-9(16)8(14)5-7/h6-10,14,16H,3-5,12H2,1-2H3,(H,13,15)/t7-,8-,9-,10-/m1/s1. The van der Waals surface area contributed by atoms with E-state index >= 15 is 0 Å².